The fourth-order valence-electron chi connectivity index (χ4n) is 2.47. The molecule has 2 N–H and O–H groups in total. The van der Waals surface area contributed by atoms with Crippen LogP contribution in [0.4, 0.5) is 4.79 Å². The van der Waals surface area contributed by atoms with E-state index in [1.807, 2.05) is 48.5 Å². The van der Waals surface area contributed by atoms with Crippen LogP contribution in [0.1, 0.15) is 17.2 Å². The first-order valence-corrected chi connectivity index (χ1v) is 6.97. The predicted molar refractivity (Wildman–Crippen MR) is 83.2 cm³/mol. The number of nitrogens with two attached hydrogens (primary N) is 1. The summed E-state index contributed by atoms with van der Waals surface area (Å²) in [4.78, 5) is 17.6. The van der Waals surface area contributed by atoms with Crippen molar-refractivity contribution in [1.29, 1.82) is 0 Å². The van der Waals surface area contributed by atoms with E-state index in [9.17, 15) is 4.79 Å². The molecule has 1 unspecified atom stereocenters. The van der Waals surface area contributed by atoms with Crippen LogP contribution < -0.4 is 5.73 Å². The topological polar surface area (TPSA) is 58.7 Å². The number of halogens is 1. The molecule has 1 aliphatic rings. The second-order valence-corrected chi connectivity index (χ2v) is 5.26. The minimum Gasteiger partial charge on any atom is -0.385 e. The molecule has 1 aliphatic heterocycles. The van der Waals surface area contributed by atoms with E-state index in [1.54, 1.807) is 11.0 Å². The van der Waals surface area contributed by atoms with E-state index in [0.717, 1.165) is 11.1 Å². The number of hydrogen-bond donors (Lipinski definition) is 1. The highest BCUT2D eigenvalue weighted by molar-refractivity contribution is 6.31. The molecule has 0 bridgehead atoms. The molecule has 21 heavy (non-hydrogen) atoms. The van der Waals surface area contributed by atoms with Crippen molar-refractivity contribution in [2.75, 3.05) is 0 Å². The molecule has 0 saturated carbocycles. The van der Waals surface area contributed by atoms with E-state index >= 15 is 0 Å². The SMILES string of the molecule is NC1=NC(=O)N(Cc2ccccc2)C1c1ccccc1Cl. The number of amidine groups is 1. The van der Waals surface area contributed by atoms with Gasteiger partial charge in [0.1, 0.15) is 11.9 Å². The Bertz CT molecular complexity index is 700. The zero-order valence-corrected chi connectivity index (χ0v) is 12.0. The van der Waals surface area contributed by atoms with E-state index < -0.39 is 6.04 Å². The summed E-state index contributed by atoms with van der Waals surface area (Å²) in [6.45, 7) is 0.444. The van der Waals surface area contributed by atoms with Crippen molar-refractivity contribution in [3.63, 3.8) is 0 Å². The van der Waals surface area contributed by atoms with Crippen LogP contribution in [-0.2, 0) is 6.54 Å². The number of carbonyl (C=O) groups excluding carboxylic acids is 1. The quantitative estimate of drug-likeness (QED) is 0.944. The van der Waals surface area contributed by atoms with Gasteiger partial charge in [0.2, 0.25) is 0 Å². The third kappa shape index (κ3) is 2.62. The average molecular weight is 300 g/mol. The van der Waals surface area contributed by atoms with Crippen molar-refractivity contribution in [1.82, 2.24) is 4.90 Å². The van der Waals surface area contributed by atoms with Gasteiger partial charge in [-0.25, -0.2) is 4.79 Å². The van der Waals surface area contributed by atoms with E-state index in [1.165, 1.54) is 0 Å². The van der Waals surface area contributed by atoms with Crippen LogP contribution in [0.2, 0.25) is 5.02 Å². The van der Waals surface area contributed by atoms with E-state index in [-0.39, 0.29) is 11.9 Å². The van der Waals surface area contributed by atoms with Gasteiger partial charge in [0.05, 0.1) is 0 Å². The van der Waals surface area contributed by atoms with Crippen LogP contribution in [0.3, 0.4) is 0 Å². The third-order valence-electron chi connectivity index (χ3n) is 3.46. The van der Waals surface area contributed by atoms with Gasteiger partial charge in [-0.15, -0.1) is 0 Å². The van der Waals surface area contributed by atoms with Gasteiger partial charge in [-0.05, 0) is 11.6 Å². The Balaban J connectivity index is 1.95. The Morgan fingerprint density at radius 2 is 1.76 bits per heavy atom. The van der Waals surface area contributed by atoms with Crippen LogP contribution in [0.5, 0.6) is 0 Å². The van der Waals surface area contributed by atoms with Crippen molar-refractivity contribution in [2.24, 2.45) is 10.7 Å². The summed E-state index contributed by atoms with van der Waals surface area (Å²) >= 11 is 6.24. The Morgan fingerprint density at radius 3 is 2.48 bits per heavy atom. The maximum Gasteiger partial charge on any atom is 0.346 e. The summed E-state index contributed by atoms with van der Waals surface area (Å²) < 4.78 is 0. The largest absolute Gasteiger partial charge is 0.385 e. The molecule has 0 spiro atoms. The lowest BCUT2D eigenvalue weighted by Gasteiger charge is -2.25. The van der Waals surface area contributed by atoms with Crippen LogP contribution in [0.15, 0.2) is 59.6 Å². The minimum absolute atomic E-state index is 0.282. The standard InChI is InChI=1S/C16H14ClN3O/c17-13-9-5-4-8-12(13)14-15(18)19-16(21)20(14)10-11-6-2-1-3-7-11/h1-9,14H,10H2,(H2,18,19,21). The number of rotatable bonds is 3. The highest BCUT2D eigenvalue weighted by Gasteiger charge is 2.35. The molecule has 2 amide bonds. The van der Waals surface area contributed by atoms with Crippen LogP contribution in [-0.4, -0.2) is 16.8 Å². The van der Waals surface area contributed by atoms with Gasteiger partial charge in [0, 0.05) is 17.1 Å². The third-order valence-corrected chi connectivity index (χ3v) is 3.80. The Labute approximate surface area is 127 Å². The summed E-state index contributed by atoms with van der Waals surface area (Å²) in [5.74, 6) is 0.282. The highest BCUT2D eigenvalue weighted by Crippen LogP contribution is 2.32. The number of benzene rings is 2. The molecule has 1 atom stereocenters. The number of amides is 2. The predicted octanol–water partition coefficient (Wildman–Crippen LogP) is 3.37. The van der Waals surface area contributed by atoms with Gasteiger partial charge in [-0.3, -0.25) is 0 Å². The molecule has 0 fully saturated rings. The average Bonchev–Trinajstić information content (AvgIpc) is 2.75. The van der Waals surface area contributed by atoms with Crippen LogP contribution >= 0.6 is 11.6 Å². The maximum absolute atomic E-state index is 12.1. The van der Waals surface area contributed by atoms with Crippen molar-refractivity contribution in [2.45, 2.75) is 12.6 Å². The molecule has 3 rings (SSSR count). The van der Waals surface area contributed by atoms with Gasteiger partial charge in [-0.2, -0.15) is 4.99 Å². The number of aliphatic imine (C=N–C) groups is 1. The lowest BCUT2D eigenvalue weighted by Crippen LogP contribution is -2.33. The first-order chi connectivity index (χ1) is 10.2. The lowest BCUT2D eigenvalue weighted by atomic mass is 10.0. The van der Waals surface area contributed by atoms with Crippen LogP contribution in [0, 0.1) is 0 Å². The monoisotopic (exact) mass is 299 g/mol. The van der Waals surface area contributed by atoms with Crippen molar-refractivity contribution < 1.29 is 4.79 Å². The Morgan fingerprint density at radius 1 is 1.10 bits per heavy atom. The number of nitrogens with zero attached hydrogens (tertiary/aromatic N) is 2. The summed E-state index contributed by atoms with van der Waals surface area (Å²) in [5, 5.41) is 0.577. The maximum atomic E-state index is 12.1. The molecule has 4 nitrogen and oxygen atoms in total. The van der Waals surface area contributed by atoms with Gasteiger partial charge >= 0.3 is 6.03 Å². The Kier molecular flexibility index (Phi) is 3.62. The lowest BCUT2D eigenvalue weighted by molar-refractivity contribution is 0.204. The normalized spacial score (nSPS) is 18.0. The van der Waals surface area contributed by atoms with Gasteiger partial charge in [0.15, 0.2) is 0 Å². The van der Waals surface area contributed by atoms with Crippen LogP contribution in [0.25, 0.3) is 0 Å². The molecule has 2 aromatic carbocycles. The van der Waals surface area contributed by atoms with E-state index in [2.05, 4.69) is 4.99 Å². The molecule has 0 aliphatic carbocycles. The molecule has 1 heterocycles. The second-order valence-electron chi connectivity index (χ2n) is 4.86. The van der Waals surface area contributed by atoms with Crippen molar-refractivity contribution >= 4 is 23.5 Å². The molecule has 106 valence electrons. The molecule has 2 aromatic rings. The number of carbonyl (C=O) groups is 1. The molecule has 0 saturated heterocycles. The summed E-state index contributed by atoms with van der Waals surface area (Å²) in [7, 11) is 0. The minimum atomic E-state index is -0.411. The second kappa shape index (κ2) is 5.58. The fourth-order valence-corrected chi connectivity index (χ4v) is 2.71. The van der Waals surface area contributed by atoms with E-state index in [0.29, 0.717) is 11.6 Å². The molecule has 0 aromatic heterocycles. The Hall–Kier alpha value is -2.33. The number of hydrogen-bond acceptors (Lipinski definition) is 2. The highest BCUT2D eigenvalue weighted by atomic mass is 35.5. The number of urea groups is 1. The van der Waals surface area contributed by atoms with Gasteiger partial charge < -0.3 is 10.6 Å². The van der Waals surface area contributed by atoms with E-state index in [4.69, 9.17) is 17.3 Å². The van der Waals surface area contributed by atoms with Crippen molar-refractivity contribution in [3.8, 4) is 0 Å². The molecule has 5 heteroatoms. The first-order valence-electron chi connectivity index (χ1n) is 6.60. The molecular weight excluding hydrogens is 286 g/mol. The van der Waals surface area contributed by atoms with Gasteiger partial charge in [0.25, 0.3) is 0 Å². The fraction of sp³-hybridized carbons (Fsp3) is 0.125. The van der Waals surface area contributed by atoms with Gasteiger partial charge in [-0.1, -0.05) is 60.1 Å². The smallest absolute Gasteiger partial charge is 0.346 e. The molecule has 0 radical (unpaired) electrons. The van der Waals surface area contributed by atoms with Crippen molar-refractivity contribution in [3.05, 3.63) is 70.7 Å². The summed E-state index contributed by atoms with van der Waals surface area (Å²) in [6.07, 6.45) is 0. The summed E-state index contributed by atoms with van der Waals surface area (Å²) in [5.41, 5.74) is 7.76. The summed E-state index contributed by atoms with van der Waals surface area (Å²) in [6, 6.07) is 16.4. The zero-order valence-electron chi connectivity index (χ0n) is 11.2. The first kappa shape index (κ1) is 13.6. The zero-order chi connectivity index (χ0) is 14.8. The molecular formula is C16H14ClN3O.